The zero-order valence-electron chi connectivity index (χ0n) is 10.1. The molecule has 1 heterocycles. The molecule has 3 rings (SSSR count). The molecule has 1 unspecified atom stereocenters. The van der Waals surface area contributed by atoms with E-state index < -0.39 is 0 Å². The number of esters is 1. The lowest BCUT2D eigenvalue weighted by atomic mass is 9.86. The molecule has 0 aromatic heterocycles. The number of ether oxygens (including phenoxy) is 1. The van der Waals surface area contributed by atoms with E-state index in [2.05, 4.69) is 18.7 Å². The third-order valence-electron chi connectivity index (χ3n) is 3.45. The van der Waals surface area contributed by atoms with Gasteiger partial charge in [-0.3, -0.25) is 4.79 Å². The van der Waals surface area contributed by atoms with Crippen molar-refractivity contribution in [2.45, 2.75) is 12.3 Å². The van der Waals surface area contributed by atoms with Gasteiger partial charge in [0.1, 0.15) is 5.92 Å². The maximum absolute atomic E-state index is 12.0. The van der Waals surface area contributed by atoms with Gasteiger partial charge in [0.05, 0.1) is 6.61 Å². The fourth-order valence-corrected chi connectivity index (χ4v) is 2.53. The van der Waals surface area contributed by atoms with Gasteiger partial charge < -0.3 is 4.74 Å². The molecule has 1 atom stereocenters. The van der Waals surface area contributed by atoms with Gasteiger partial charge in [0, 0.05) is 6.42 Å². The van der Waals surface area contributed by atoms with E-state index in [1.54, 1.807) is 0 Å². The summed E-state index contributed by atoms with van der Waals surface area (Å²) >= 11 is 0. The second kappa shape index (κ2) is 4.30. The van der Waals surface area contributed by atoms with Crippen LogP contribution in [-0.4, -0.2) is 12.6 Å². The second-order valence-corrected chi connectivity index (χ2v) is 4.58. The Morgan fingerprint density at radius 3 is 2.72 bits per heavy atom. The van der Waals surface area contributed by atoms with E-state index in [4.69, 9.17) is 4.74 Å². The van der Waals surface area contributed by atoms with Crippen molar-refractivity contribution in [1.82, 2.24) is 0 Å². The summed E-state index contributed by atoms with van der Waals surface area (Å²) in [7, 11) is 0. The van der Waals surface area contributed by atoms with Gasteiger partial charge in [0.25, 0.3) is 0 Å². The lowest BCUT2D eigenvalue weighted by Crippen LogP contribution is -2.24. The molecule has 1 aliphatic rings. The molecule has 0 N–H and O–H groups in total. The topological polar surface area (TPSA) is 26.3 Å². The summed E-state index contributed by atoms with van der Waals surface area (Å²) in [5.41, 5.74) is 1.95. The monoisotopic (exact) mass is 238 g/mol. The molecule has 0 amide bonds. The van der Waals surface area contributed by atoms with Crippen LogP contribution in [0, 0.1) is 0 Å². The summed E-state index contributed by atoms with van der Waals surface area (Å²) in [6.45, 7) is 4.49. The molecule has 2 heteroatoms. The van der Waals surface area contributed by atoms with Crippen LogP contribution in [0.4, 0.5) is 0 Å². The summed E-state index contributed by atoms with van der Waals surface area (Å²) in [5.74, 6) is -0.493. The first-order valence-electron chi connectivity index (χ1n) is 6.09. The lowest BCUT2D eigenvalue weighted by Gasteiger charge is -2.24. The first kappa shape index (κ1) is 11.0. The highest BCUT2D eigenvalue weighted by molar-refractivity contribution is 5.93. The van der Waals surface area contributed by atoms with Crippen molar-refractivity contribution in [3.63, 3.8) is 0 Å². The van der Waals surface area contributed by atoms with Gasteiger partial charge in [-0.25, -0.2) is 0 Å². The number of benzene rings is 2. The van der Waals surface area contributed by atoms with Gasteiger partial charge in [0.15, 0.2) is 0 Å². The maximum atomic E-state index is 12.0. The van der Waals surface area contributed by atoms with Crippen LogP contribution in [-0.2, 0) is 9.53 Å². The van der Waals surface area contributed by atoms with Crippen LogP contribution < -0.4 is 0 Å². The SMILES string of the molecule is C=C1CCOC(=O)C1c1cccc2ccccc12. The second-order valence-electron chi connectivity index (χ2n) is 4.58. The number of hydrogen-bond donors (Lipinski definition) is 0. The first-order chi connectivity index (χ1) is 8.77. The largest absolute Gasteiger partial charge is 0.465 e. The summed E-state index contributed by atoms with van der Waals surface area (Å²) < 4.78 is 5.16. The number of fused-ring (bicyclic) bond motifs is 1. The zero-order valence-corrected chi connectivity index (χ0v) is 10.1. The summed E-state index contributed by atoms with van der Waals surface area (Å²) in [6.07, 6.45) is 0.750. The van der Waals surface area contributed by atoms with Crippen molar-refractivity contribution in [2.24, 2.45) is 0 Å². The summed E-state index contributed by atoms with van der Waals surface area (Å²) in [5, 5.41) is 2.24. The van der Waals surface area contributed by atoms with E-state index in [9.17, 15) is 4.79 Å². The predicted molar refractivity (Wildman–Crippen MR) is 71.4 cm³/mol. The highest BCUT2D eigenvalue weighted by atomic mass is 16.5. The van der Waals surface area contributed by atoms with Crippen LogP contribution in [0.15, 0.2) is 54.6 Å². The predicted octanol–water partition coefficient (Wildman–Crippen LogP) is 3.43. The fourth-order valence-electron chi connectivity index (χ4n) is 2.53. The summed E-state index contributed by atoms with van der Waals surface area (Å²) in [6, 6.07) is 14.1. The minimum absolute atomic E-state index is 0.178. The Morgan fingerprint density at radius 1 is 1.11 bits per heavy atom. The molecule has 1 fully saturated rings. The van der Waals surface area contributed by atoms with Gasteiger partial charge in [-0.15, -0.1) is 0 Å². The normalized spacial score (nSPS) is 19.9. The van der Waals surface area contributed by atoms with Crippen molar-refractivity contribution >= 4 is 16.7 Å². The molecule has 2 nitrogen and oxygen atoms in total. The van der Waals surface area contributed by atoms with Crippen LogP contribution in [0.3, 0.4) is 0 Å². The molecule has 0 radical (unpaired) electrons. The van der Waals surface area contributed by atoms with Crippen molar-refractivity contribution in [2.75, 3.05) is 6.61 Å². The molecule has 18 heavy (non-hydrogen) atoms. The average molecular weight is 238 g/mol. The molecule has 1 saturated heterocycles. The van der Waals surface area contributed by atoms with E-state index in [-0.39, 0.29) is 11.9 Å². The molecule has 0 bridgehead atoms. The molecule has 2 aromatic rings. The third-order valence-corrected chi connectivity index (χ3v) is 3.45. The highest BCUT2D eigenvalue weighted by Crippen LogP contribution is 2.34. The van der Waals surface area contributed by atoms with Crippen molar-refractivity contribution < 1.29 is 9.53 Å². The van der Waals surface area contributed by atoms with Gasteiger partial charge in [-0.05, 0) is 16.3 Å². The Bertz CT molecular complexity index is 607. The Balaban J connectivity index is 2.19. The Labute approximate surface area is 106 Å². The number of hydrogen-bond acceptors (Lipinski definition) is 2. The van der Waals surface area contributed by atoms with Gasteiger partial charge in [0.2, 0.25) is 0 Å². The zero-order chi connectivity index (χ0) is 12.5. The molecule has 0 saturated carbocycles. The van der Waals surface area contributed by atoms with Gasteiger partial charge in [-0.1, -0.05) is 54.6 Å². The molecule has 90 valence electrons. The van der Waals surface area contributed by atoms with E-state index in [0.29, 0.717) is 6.61 Å². The maximum Gasteiger partial charge on any atom is 0.317 e. The Hall–Kier alpha value is -2.09. The van der Waals surface area contributed by atoms with Crippen LogP contribution in [0.2, 0.25) is 0 Å². The quantitative estimate of drug-likeness (QED) is 0.562. The van der Waals surface area contributed by atoms with Crippen LogP contribution >= 0.6 is 0 Å². The van der Waals surface area contributed by atoms with E-state index >= 15 is 0 Å². The Kier molecular flexibility index (Phi) is 2.63. The molecule has 2 aromatic carbocycles. The minimum Gasteiger partial charge on any atom is -0.465 e. The van der Waals surface area contributed by atoms with Gasteiger partial charge >= 0.3 is 5.97 Å². The van der Waals surface area contributed by atoms with E-state index in [1.165, 1.54) is 0 Å². The lowest BCUT2D eigenvalue weighted by molar-refractivity contribution is -0.146. The number of carbonyl (C=O) groups is 1. The first-order valence-corrected chi connectivity index (χ1v) is 6.09. The van der Waals surface area contributed by atoms with Gasteiger partial charge in [-0.2, -0.15) is 0 Å². The van der Waals surface area contributed by atoms with Crippen LogP contribution in [0.5, 0.6) is 0 Å². The molecule has 1 aliphatic heterocycles. The van der Waals surface area contributed by atoms with E-state index in [0.717, 1.165) is 28.3 Å². The van der Waals surface area contributed by atoms with Crippen molar-refractivity contribution in [3.8, 4) is 0 Å². The number of cyclic esters (lactones) is 1. The summed E-state index contributed by atoms with van der Waals surface area (Å²) in [4.78, 5) is 12.0. The van der Waals surface area contributed by atoms with Crippen molar-refractivity contribution in [3.05, 3.63) is 60.2 Å². The smallest absolute Gasteiger partial charge is 0.317 e. The molecule has 0 spiro atoms. The number of carbonyl (C=O) groups excluding carboxylic acids is 1. The average Bonchev–Trinajstić information content (AvgIpc) is 2.39. The van der Waals surface area contributed by atoms with Crippen LogP contribution in [0.25, 0.3) is 10.8 Å². The third kappa shape index (κ3) is 1.70. The Morgan fingerprint density at radius 2 is 1.89 bits per heavy atom. The van der Waals surface area contributed by atoms with Crippen LogP contribution in [0.1, 0.15) is 17.9 Å². The fraction of sp³-hybridized carbons (Fsp3) is 0.188. The van der Waals surface area contributed by atoms with E-state index in [1.807, 2.05) is 30.3 Å². The molecule has 0 aliphatic carbocycles. The molecular weight excluding hydrogens is 224 g/mol. The standard InChI is InChI=1S/C16H14O2/c1-11-9-10-18-16(17)15(11)14-8-4-6-12-5-2-3-7-13(12)14/h2-8,15H,1,9-10H2. The molecular formula is C16H14O2. The minimum atomic E-state index is -0.315. The van der Waals surface area contributed by atoms with Crippen molar-refractivity contribution in [1.29, 1.82) is 0 Å². The highest BCUT2D eigenvalue weighted by Gasteiger charge is 2.29. The number of rotatable bonds is 1.